The third-order valence-electron chi connectivity index (χ3n) is 6.71. The maximum Gasteiger partial charge on any atom is 0.256 e. The molecule has 0 bridgehead atoms. The van der Waals surface area contributed by atoms with Crippen molar-refractivity contribution in [3.05, 3.63) is 88.2 Å². The minimum absolute atomic E-state index is 0.0221. The molecule has 2 amide bonds. The summed E-state index contributed by atoms with van der Waals surface area (Å²) in [6.07, 6.45) is -2.28. The summed E-state index contributed by atoms with van der Waals surface area (Å²) in [6.45, 7) is 7.00. The van der Waals surface area contributed by atoms with Crippen LogP contribution in [0.2, 0.25) is 5.02 Å². The van der Waals surface area contributed by atoms with Crippen LogP contribution in [-0.4, -0.2) is 44.7 Å². The van der Waals surface area contributed by atoms with Gasteiger partial charge in [0.1, 0.15) is 24.6 Å². The topological polar surface area (TPSA) is 103 Å². The van der Waals surface area contributed by atoms with Crippen molar-refractivity contribution in [1.29, 1.82) is 0 Å². The summed E-state index contributed by atoms with van der Waals surface area (Å²) in [5.41, 5.74) is 7.57. The van der Waals surface area contributed by atoms with Crippen molar-refractivity contribution < 1.29 is 28.2 Å². The molecule has 3 N–H and O–H groups in total. The van der Waals surface area contributed by atoms with Gasteiger partial charge >= 0.3 is 0 Å². The van der Waals surface area contributed by atoms with Crippen LogP contribution in [0, 0.1) is 11.2 Å². The van der Waals surface area contributed by atoms with Gasteiger partial charge < -0.3 is 30.2 Å². The quantitative estimate of drug-likeness (QED) is 0.324. The number of anilines is 1. The summed E-state index contributed by atoms with van der Waals surface area (Å²) in [5.74, 6) is -0.365. The number of hydrogen-bond acceptors (Lipinski definition) is 6. The van der Waals surface area contributed by atoms with Crippen LogP contribution >= 0.6 is 11.6 Å². The van der Waals surface area contributed by atoms with E-state index in [-0.39, 0.29) is 30.9 Å². The minimum atomic E-state index is -1.16. The number of ether oxygens (including phenoxy) is 3. The number of halogens is 2. The lowest BCUT2D eigenvalue weighted by molar-refractivity contribution is -0.138. The van der Waals surface area contributed by atoms with E-state index < -0.39 is 23.9 Å². The van der Waals surface area contributed by atoms with E-state index >= 15 is 0 Å². The highest BCUT2D eigenvalue weighted by Crippen LogP contribution is 2.45. The van der Waals surface area contributed by atoms with Crippen LogP contribution in [0.1, 0.15) is 50.0 Å². The van der Waals surface area contributed by atoms with Crippen LogP contribution in [-0.2, 0) is 20.9 Å². The maximum atomic E-state index is 14.2. The monoisotopic (exact) mass is 597 g/mol. The Morgan fingerprint density at radius 2 is 1.88 bits per heavy atom. The second kappa shape index (κ2) is 13.5. The first-order valence-corrected chi connectivity index (χ1v) is 14.2. The van der Waals surface area contributed by atoms with Crippen molar-refractivity contribution in [3.8, 4) is 11.5 Å². The summed E-state index contributed by atoms with van der Waals surface area (Å²) in [6, 6.07) is 16.9. The van der Waals surface area contributed by atoms with Gasteiger partial charge in [0.05, 0.1) is 13.5 Å². The highest BCUT2D eigenvalue weighted by Gasteiger charge is 2.40. The fourth-order valence-corrected chi connectivity index (χ4v) is 5.08. The number of nitrogens with two attached hydrogens (primary N) is 1. The summed E-state index contributed by atoms with van der Waals surface area (Å²) in [7, 11) is 1.52. The Balaban J connectivity index is 1.76. The number of para-hydroxylation sites is 1. The van der Waals surface area contributed by atoms with Crippen LogP contribution in [0.4, 0.5) is 10.1 Å². The molecular formula is C32H37ClFN3O5. The van der Waals surface area contributed by atoms with Crippen LogP contribution in [0.15, 0.2) is 60.7 Å². The van der Waals surface area contributed by atoms with Crippen LogP contribution in [0.5, 0.6) is 11.5 Å². The number of amides is 2. The van der Waals surface area contributed by atoms with Gasteiger partial charge in [-0.25, -0.2) is 4.39 Å². The highest BCUT2D eigenvalue weighted by atomic mass is 35.5. The number of nitrogens with zero attached hydrogens (tertiary/aromatic N) is 1. The van der Waals surface area contributed by atoms with Crippen molar-refractivity contribution in [3.63, 3.8) is 0 Å². The average molecular weight is 598 g/mol. The molecule has 0 saturated heterocycles. The molecule has 0 spiro atoms. The number of nitrogens with one attached hydrogen (secondary N) is 1. The van der Waals surface area contributed by atoms with Gasteiger partial charge in [-0.2, -0.15) is 0 Å². The molecular weight excluding hydrogens is 561 g/mol. The molecule has 0 radical (unpaired) electrons. The molecule has 8 nitrogen and oxygen atoms in total. The number of methoxy groups -OCH3 is 1. The molecule has 0 aromatic heterocycles. The van der Waals surface area contributed by atoms with Crippen molar-refractivity contribution in [2.24, 2.45) is 11.1 Å². The molecule has 0 fully saturated rings. The van der Waals surface area contributed by atoms with Gasteiger partial charge in [-0.05, 0) is 35.7 Å². The summed E-state index contributed by atoms with van der Waals surface area (Å²) in [4.78, 5) is 28.9. The highest BCUT2D eigenvalue weighted by molar-refractivity contribution is 6.30. The van der Waals surface area contributed by atoms with E-state index in [1.807, 2.05) is 26.8 Å². The Bertz CT molecular complexity index is 1430. The van der Waals surface area contributed by atoms with Crippen LogP contribution < -0.4 is 25.4 Å². The number of benzene rings is 3. The Morgan fingerprint density at radius 3 is 2.57 bits per heavy atom. The molecule has 3 aromatic rings. The lowest BCUT2D eigenvalue weighted by Crippen LogP contribution is -2.45. The predicted molar refractivity (Wildman–Crippen MR) is 160 cm³/mol. The second-order valence-corrected chi connectivity index (χ2v) is 11.7. The number of hydrogen-bond donors (Lipinski definition) is 2. The van der Waals surface area contributed by atoms with Crippen molar-refractivity contribution >= 4 is 29.1 Å². The SMILES string of the molecule is COc1c(OCCN)cccc1[C@H]1O[C@H](CC(=O)NCc2ccccc2F)C(=O)N(CC(C)(C)C)c2ccc(Cl)cc21. The molecule has 224 valence electrons. The lowest BCUT2D eigenvalue weighted by atomic mass is 9.94. The number of carbonyl (C=O) groups excluding carboxylic acids is 2. The van der Waals surface area contributed by atoms with Gasteiger partial charge in [0.2, 0.25) is 5.91 Å². The molecule has 0 saturated carbocycles. The summed E-state index contributed by atoms with van der Waals surface area (Å²) < 4.78 is 32.3. The smallest absolute Gasteiger partial charge is 0.256 e. The zero-order chi connectivity index (χ0) is 30.4. The molecule has 1 aliphatic rings. The first-order valence-electron chi connectivity index (χ1n) is 13.8. The van der Waals surface area contributed by atoms with Gasteiger partial charge in [-0.15, -0.1) is 0 Å². The van der Waals surface area contributed by atoms with Gasteiger partial charge in [-0.3, -0.25) is 9.59 Å². The van der Waals surface area contributed by atoms with Gasteiger partial charge in [0.15, 0.2) is 11.5 Å². The Labute approximate surface area is 250 Å². The first-order chi connectivity index (χ1) is 20.0. The first kappa shape index (κ1) is 31.3. The Morgan fingerprint density at radius 1 is 1.12 bits per heavy atom. The number of fused-ring (bicyclic) bond motifs is 1. The largest absolute Gasteiger partial charge is 0.492 e. The minimum Gasteiger partial charge on any atom is -0.492 e. The predicted octanol–water partition coefficient (Wildman–Crippen LogP) is 5.40. The zero-order valence-corrected chi connectivity index (χ0v) is 25.0. The molecule has 2 atom stereocenters. The fourth-order valence-electron chi connectivity index (χ4n) is 4.90. The molecule has 1 heterocycles. The molecule has 4 rings (SSSR count). The van der Waals surface area contributed by atoms with Crippen molar-refractivity contribution in [1.82, 2.24) is 5.32 Å². The Kier molecular flexibility index (Phi) is 10.1. The van der Waals surface area contributed by atoms with E-state index in [0.29, 0.717) is 52.0 Å². The molecule has 1 aliphatic heterocycles. The van der Waals surface area contributed by atoms with Crippen LogP contribution in [0.3, 0.4) is 0 Å². The molecule has 0 aliphatic carbocycles. The molecule has 10 heteroatoms. The summed E-state index contributed by atoms with van der Waals surface area (Å²) in [5, 5.41) is 3.18. The fraction of sp³-hybridized carbons (Fsp3) is 0.375. The normalized spacial score (nSPS) is 16.9. The lowest BCUT2D eigenvalue weighted by Gasteiger charge is -2.31. The van der Waals surface area contributed by atoms with E-state index in [4.69, 9.17) is 31.5 Å². The third-order valence-corrected chi connectivity index (χ3v) is 6.95. The van der Waals surface area contributed by atoms with Crippen LogP contribution in [0.25, 0.3) is 0 Å². The molecule has 3 aromatic carbocycles. The van der Waals surface area contributed by atoms with Crippen molar-refractivity contribution in [2.75, 3.05) is 31.7 Å². The summed E-state index contributed by atoms with van der Waals surface area (Å²) >= 11 is 6.48. The number of rotatable bonds is 10. The molecule has 42 heavy (non-hydrogen) atoms. The third kappa shape index (κ3) is 7.40. The standard InChI is InChI=1S/C32H37ClFN3O5/c1-32(2,3)19-37-25-13-12-21(33)16-23(25)29(22-9-7-11-26(30(22)40-4)41-15-14-35)42-27(31(37)39)17-28(38)36-18-20-8-5-6-10-24(20)34/h5-13,16,27,29H,14-15,17-19,35H2,1-4H3,(H,36,38)/t27-,29-/m1/s1. The maximum absolute atomic E-state index is 14.2. The second-order valence-electron chi connectivity index (χ2n) is 11.3. The van der Waals surface area contributed by atoms with Gasteiger partial charge in [-0.1, -0.05) is 62.7 Å². The van der Waals surface area contributed by atoms with E-state index in [9.17, 15) is 14.0 Å². The van der Waals surface area contributed by atoms with E-state index in [1.54, 1.807) is 53.4 Å². The van der Waals surface area contributed by atoms with Gasteiger partial charge in [0.25, 0.3) is 5.91 Å². The molecule has 0 unspecified atom stereocenters. The zero-order valence-electron chi connectivity index (χ0n) is 24.3. The van der Waals surface area contributed by atoms with Gasteiger partial charge in [0, 0.05) is 47.0 Å². The van der Waals surface area contributed by atoms with E-state index in [0.717, 1.165) is 0 Å². The number of carbonyl (C=O) groups is 2. The van der Waals surface area contributed by atoms with E-state index in [2.05, 4.69) is 5.32 Å². The van der Waals surface area contributed by atoms with Crippen molar-refractivity contribution in [2.45, 2.75) is 45.9 Å². The average Bonchev–Trinajstić information content (AvgIpc) is 3.05. The van der Waals surface area contributed by atoms with E-state index in [1.165, 1.54) is 13.2 Å². The Hall–Kier alpha value is -3.66.